The highest BCUT2D eigenvalue weighted by Gasteiger charge is 2.39. The van der Waals surface area contributed by atoms with Crippen LogP contribution in [0.25, 0.3) is 0 Å². The summed E-state index contributed by atoms with van der Waals surface area (Å²) in [6, 6.07) is 0. The Labute approximate surface area is 163 Å². The van der Waals surface area contributed by atoms with Crippen molar-refractivity contribution < 1.29 is 40.7 Å². The van der Waals surface area contributed by atoms with Gasteiger partial charge in [0.05, 0.1) is 26.3 Å². The summed E-state index contributed by atoms with van der Waals surface area (Å²) in [5.74, 6) is -1.73. The number of ether oxygens (including phenoxy) is 2. The molecule has 0 bridgehead atoms. The lowest BCUT2D eigenvalue weighted by atomic mass is 10.2. The molecule has 0 atom stereocenters. The molecule has 0 aliphatic carbocycles. The molecule has 0 aromatic carbocycles. The molecule has 1 fully saturated rings. The Bertz CT molecular complexity index is 858. The van der Waals surface area contributed by atoms with Gasteiger partial charge in [0.25, 0.3) is 10.0 Å². The predicted molar refractivity (Wildman–Crippen MR) is 93.0 cm³/mol. The maximum atomic E-state index is 13.0. The van der Waals surface area contributed by atoms with Gasteiger partial charge in [0, 0.05) is 26.2 Å². The number of sulfonamides is 1. The van der Waals surface area contributed by atoms with Crippen LogP contribution in [0.1, 0.15) is 25.6 Å². The Hall–Kier alpha value is -1.70. The second kappa shape index (κ2) is 8.35. The third-order valence-corrected chi connectivity index (χ3v) is 7.85. The van der Waals surface area contributed by atoms with Crippen LogP contribution in [0.4, 0.5) is 13.2 Å². The monoisotopic (exact) mass is 444 g/mol. The molecule has 0 N–H and O–H groups in total. The van der Waals surface area contributed by atoms with Gasteiger partial charge < -0.3 is 9.47 Å². The lowest BCUT2D eigenvalue weighted by Gasteiger charge is -2.34. The molecule has 0 saturated carbocycles. The minimum absolute atomic E-state index is 0.0582. The summed E-state index contributed by atoms with van der Waals surface area (Å²) in [7, 11) is -2.03. The first-order valence-electron chi connectivity index (χ1n) is 8.01. The van der Waals surface area contributed by atoms with Gasteiger partial charge in [-0.3, -0.25) is 4.90 Å². The number of esters is 2. The minimum Gasteiger partial charge on any atom is -0.465 e. The maximum Gasteiger partial charge on any atom is 0.401 e. The summed E-state index contributed by atoms with van der Waals surface area (Å²) in [6.07, 6.45) is -4.38. The van der Waals surface area contributed by atoms with Crippen molar-refractivity contribution in [2.75, 3.05) is 46.9 Å². The summed E-state index contributed by atoms with van der Waals surface area (Å²) in [6.45, 7) is -0.303. The Morgan fingerprint density at radius 2 is 1.61 bits per heavy atom. The predicted octanol–water partition coefficient (Wildman–Crippen LogP) is 1.50. The molecule has 13 heteroatoms. The molecular formula is C15H19F3N2O6S2. The summed E-state index contributed by atoms with van der Waals surface area (Å²) in [5.41, 5.74) is -0.163. The zero-order chi connectivity index (χ0) is 21.3. The van der Waals surface area contributed by atoms with Gasteiger partial charge in [-0.1, -0.05) is 0 Å². The molecule has 2 rings (SSSR count). The lowest BCUT2D eigenvalue weighted by Crippen LogP contribution is -2.50. The molecule has 1 aromatic heterocycles. The van der Waals surface area contributed by atoms with Crippen molar-refractivity contribution in [1.29, 1.82) is 0 Å². The second-order valence-electron chi connectivity index (χ2n) is 6.00. The summed E-state index contributed by atoms with van der Waals surface area (Å²) < 4.78 is 73.4. The average molecular weight is 444 g/mol. The highest BCUT2D eigenvalue weighted by Crippen LogP contribution is 2.35. The molecule has 0 amide bonds. The van der Waals surface area contributed by atoms with E-state index in [0.29, 0.717) is 11.3 Å². The number of alkyl halides is 3. The molecule has 0 spiro atoms. The first-order chi connectivity index (χ1) is 12.9. The lowest BCUT2D eigenvalue weighted by molar-refractivity contribution is -0.148. The number of rotatable bonds is 5. The van der Waals surface area contributed by atoms with Crippen LogP contribution in [0.2, 0.25) is 0 Å². The quantitative estimate of drug-likeness (QED) is 0.636. The fourth-order valence-corrected chi connectivity index (χ4v) is 6.10. The van der Waals surface area contributed by atoms with Crippen molar-refractivity contribution in [2.45, 2.75) is 17.3 Å². The van der Waals surface area contributed by atoms with E-state index in [1.165, 1.54) is 6.92 Å². The zero-order valence-corrected chi connectivity index (χ0v) is 17.0. The Morgan fingerprint density at radius 3 is 2.07 bits per heavy atom. The number of nitrogens with zero attached hydrogens (tertiary/aromatic N) is 2. The van der Waals surface area contributed by atoms with Crippen molar-refractivity contribution in [2.24, 2.45) is 0 Å². The fraction of sp³-hybridized carbons (Fsp3) is 0.600. The third kappa shape index (κ3) is 4.64. The standard InChI is InChI=1S/C15H19F3N2O6S2/c1-9-10(12(21)25-2)14(27-11(9)13(22)26-3)28(23,24)20-6-4-19(5-7-20)8-15(16,17)18/h4-8H2,1-3H3. The van der Waals surface area contributed by atoms with E-state index >= 15 is 0 Å². The molecule has 1 aliphatic heterocycles. The molecular weight excluding hydrogens is 425 g/mol. The molecule has 8 nitrogen and oxygen atoms in total. The molecule has 0 unspecified atom stereocenters. The zero-order valence-electron chi connectivity index (χ0n) is 15.3. The van der Waals surface area contributed by atoms with E-state index in [1.807, 2.05) is 0 Å². The number of carbonyl (C=O) groups excluding carboxylic acids is 2. The normalized spacial score (nSPS) is 16.8. The molecule has 2 heterocycles. The molecule has 158 valence electrons. The van der Waals surface area contributed by atoms with Crippen LogP contribution in [0.5, 0.6) is 0 Å². The number of carbonyl (C=O) groups is 2. The highest BCUT2D eigenvalue weighted by atomic mass is 32.2. The van der Waals surface area contributed by atoms with Crippen molar-refractivity contribution >= 4 is 33.3 Å². The minimum atomic E-state index is -4.38. The molecule has 1 saturated heterocycles. The van der Waals surface area contributed by atoms with Gasteiger partial charge in [0.15, 0.2) is 4.21 Å². The largest absolute Gasteiger partial charge is 0.465 e. The van der Waals surface area contributed by atoms with Gasteiger partial charge in [0.2, 0.25) is 0 Å². The van der Waals surface area contributed by atoms with Crippen molar-refractivity contribution in [1.82, 2.24) is 9.21 Å². The number of halogens is 3. The smallest absolute Gasteiger partial charge is 0.401 e. The van der Waals surface area contributed by atoms with Crippen molar-refractivity contribution in [3.63, 3.8) is 0 Å². The Kier molecular flexibility index (Phi) is 6.74. The van der Waals surface area contributed by atoms with Gasteiger partial charge in [-0.05, 0) is 12.5 Å². The van der Waals surface area contributed by atoms with Crippen LogP contribution in [0, 0.1) is 6.92 Å². The van der Waals surface area contributed by atoms with Crippen molar-refractivity contribution in [3.8, 4) is 0 Å². The van der Waals surface area contributed by atoms with Crippen LogP contribution in [-0.4, -0.2) is 82.7 Å². The molecule has 1 aliphatic rings. The van der Waals surface area contributed by atoms with E-state index in [2.05, 4.69) is 9.47 Å². The molecule has 28 heavy (non-hydrogen) atoms. The number of hydrogen-bond acceptors (Lipinski definition) is 8. The van der Waals surface area contributed by atoms with Gasteiger partial charge in [0.1, 0.15) is 4.88 Å². The SMILES string of the molecule is COC(=O)c1sc(S(=O)(=O)N2CCN(CC(F)(F)F)CC2)c(C(=O)OC)c1C. The van der Waals surface area contributed by atoms with E-state index in [0.717, 1.165) is 23.4 Å². The summed E-state index contributed by atoms with van der Waals surface area (Å²) in [4.78, 5) is 25.1. The van der Waals surface area contributed by atoms with E-state index in [-0.39, 0.29) is 46.4 Å². The van der Waals surface area contributed by atoms with E-state index in [4.69, 9.17) is 0 Å². The third-order valence-electron chi connectivity index (χ3n) is 4.18. The van der Waals surface area contributed by atoms with Crippen LogP contribution in [0.15, 0.2) is 4.21 Å². The van der Waals surface area contributed by atoms with Gasteiger partial charge in [-0.2, -0.15) is 17.5 Å². The Morgan fingerprint density at radius 1 is 1.07 bits per heavy atom. The number of thiophene rings is 1. The van der Waals surface area contributed by atoms with E-state index in [9.17, 15) is 31.2 Å². The van der Waals surface area contributed by atoms with Crippen LogP contribution in [0.3, 0.4) is 0 Å². The van der Waals surface area contributed by atoms with Gasteiger partial charge in [-0.25, -0.2) is 18.0 Å². The van der Waals surface area contributed by atoms with Crippen LogP contribution in [-0.2, 0) is 19.5 Å². The molecule has 1 aromatic rings. The Balaban J connectivity index is 2.36. The maximum absolute atomic E-state index is 13.0. The summed E-state index contributed by atoms with van der Waals surface area (Å²) >= 11 is 0.575. The number of methoxy groups -OCH3 is 2. The van der Waals surface area contributed by atoms with Gasteiger partial charge in [-0.15, -0.1) is 11.3 Å². The first kappa shape index (κ1) is 22.6. The van der Waals surface area contributed by atoms with Crippen LogP contribution < -0.4 is 0 Å². The average Bonchev–Trinajstić information content (AvgIpc) is 2.97. The van der Waals surface area contributed by atoms with Crippen LogP contribution >= 0.6 is 11.3 Å². The first-order valence-corrected chi connectivity index (χ1v) is 10.3. The van der Waals surface area contributed by atoms with E-state index in [1.54, 1.807) is 0 Å². The summed E-state index contributed by atoms with van der Waals surface area (Å²) in [5, 5.41) is 0. The number of piperazine rings is 1. The second-order valence-corrected chi connectivity index (χ2v) is 9.15. The highest BCUT2D eigenvalue weighted by molar-refractivity contribution is 7.91. The fourth-order valence-electron chi connectivity index (χ4n) is 2.79. The van der Waals surface area contributed by atoms with Crippen molar-refractivity contribution in [3.05, 3.63) is 16.0 Å². The van der Waals surface area contributed by atoms with E-state index < -0.39 is 34.7 Å². The molecule has 0 radical (unpaired) electrons. The topological polar surface area (TPSA) is 93.2 Å². The number of hydrogen-bond donors (Lipinski definition) is 0. The van der Waals surface area contributed by atoms with Gasteiger partial charge >= 0.3 is 18.1 Å².